The molecule has 3 heterocycles. The number of aromatic nitrogens is 2. The second-order valence-corrected chi connectivity index (χ2v) is 8.53. The zero-order chi connectivity index (χ0) is 19.0. The summed E-state index contributed by atoms with van der Waals surface area (Å²) in [5, 5.41) is 16.0. The van der Waals surface area contributed by atoms with E-state index in [-0.39, 0.29) is 11.2 Å². The summed E-state index contributed by atoms with van der Waals surface area (Å²) in [7, 11) is 1.73. The van der Waals surface area contributed by atoms with Crippen LogP contribution in [0.25, 0.3) is 20.7 Å². The highest BCUT2D eigenvalue weighted by Gasteiger charge is 2.16. The summed E-state index contributed by atoms with van der Waals surface area (Å²) in [6.07, 6.45) is 0. The molecule has 0 aliphatic rings. The van der Waals surface area contributed by atoms with Crippen LogP contribution in [0.2, 0.25) is 0 Å². The van der Waals surface area contributed by atoms with Crippen molar-refractivity contribution in [2.24, 2.45) is 7.05 Å². The van der Waals surface area contributed by atoms with Crippen molar-refractivity contribution < 1.29 is 4.92 Å². The van der Waals surface area contributed by atoms with E-state index in [0.717, 1.165) is 20.8 Å². The van der Waals surface area contributed by atoms with Crippen LogP contribution in [-0.4, -0.2) is 14.5 Å². The third-order valence-electron chi connectivity index (χ3n) is 4.08. The Bertz CT molecular complexity index is 1180. The molecule has 0 saturated carbocycles. The van der Waals surface area contributed by atoms with Gasteiger partial charge in [-0.05, 0) is 17.0 Å². The van der Waals surface area contributed by atoms with Gasteiger partial charge in [0.15, 0.2) is 5.16 Å². The number of hydrogen-bond donors (Lipinski definition) is 0. The zero-order valence-electron chi connectivity index (χ0n) is 14.1. The SMILES string of the molecule is Cn1c(SCc2ccc([N+](=O)[O-])cc2)nc2scc(-c3cccs3)c2c1=O. The number of rotatable bonds is 5. The lowest BCUT2D eigenvalue weighted by atomic mass is 10.2. The minimum Gasteiger partial charge on any atom is -0.290 e. The van der Waals surface area contributed by atoms with Gasteiger partial charge in [-0.15, -0.1) is 22.7 Å². The lowest BCUT2D eigenvalue weighted by Gasteiger charge is -2.07. The normalized spacial score (nSPS) is 11.1. The molecule has 0 fully saturated rings. The highest BCUT2D eigenvalue weighted by Crippen LogP contribution is 2.34. The molecule has 0 aliphatic carbocycles. The molecule has 0 unspecified atom stereocenters. The van der Waals surface area contributed by atoms with Crippen LogP contribution in [0.15, 0.2) is 57.1 Å². The highest BCUT2D eigenvalue weighted by molar-refractivity contribution is 7.98. The second-order valence-electron chi connectivity index (χ2n) is 5.78. The average molecular weight is 416 g/mol. The summed E-state index contributed by atoms with van der Waals surface area (Å²) in [5.74, 6) is 0.576. The first-order valence-electron chi connectivity index (χ1n) is 7.93. The first-order chi connectivity index (χ1) is 13.0. The van der Waals surface area contributed by atoms with Gasteiger partial charge in [-0.1, -0.05) is 30.0 Å². The first-order valence-corrected chi connectivity index (χ1v) is 10.7. The van der Waals surface area contributed by atoms with Crippen LogP contribution in [0.3, 0.4) is 0 Å². The van der Waals surface area contributed by atoms with E-state index < -0.39 is 4.92 Å². The molecule has 0 amide bonds. The molecule has 0 N–H and O–H groups in total. The van der Waals surface area contributed by atoms with E-state index in [0.29, 0.717) is 16.3 Å². The molecule has 27 heavy (non-hydrogen) atoms. The number of fused-ring (bicyclic) bond motifs is 1. The van der Waals surface area contributed by atoms with Crippen LogP contribution in [0, 0.1) is 10.1 Å². The third-order valence-corrected chi connectivity index (χ3v) is 6.95. The van der Waals surface area contributed by atoms with Gasteiger partial charge in [-0.2, -0.15) is 0 Å². The number of nitro groups is 1. The van der Waals surface area contributed by atoms with Gasteiger partial charge in [0.2, 0.25) is 0 Å². The predicted molar refractivity (Wildman–Crippen MR) is 111 cm³/mol. The van der Waals surface area contributed by atoms with E-state index in [1.165, 1.54) is 35.2 Å². The largest absolute Gasteiger partial charge is 0.290 e. The number of benzene rings is 1. The molecule has 4 aromatic rings. The van der Waals surface area contributed by atoms with Crippen molar-refractivity contribution in [3.8, 4) is 10.4 Å². The number of nitrogens with zero attached hydrogens (tertiary/aromatic N) is 3. The van der Waals surface area contributed by atoms with Gasteiger partial charge in [0.25, 0.3) is 11.2 Å². The van der Waals surface area contributed by atoms with Crippen molar-refractivity contribution in [1.82, 2.24) is 9.55 Å². The van der Waals surface area contributed by atoms with Gasteiger partial charge in [0.1, 0.15) is 4.83 Å². The van der Waals surface area contributed by atoms with Crippen molar-refractivity contribution in [1.29, 1.82) is 0 Å². The minimum atomic E-state index is -0.419. The van der Waals surface area contributed by atoms with Crippen molar-refractivity contribution in [2.75, 3.05) is 0 Å². The Morgan fingerprint density at radius 2 is 2.00 bits per heavy atom. The van der Waals surface area contributed by atoms with Gasteiger partial charge in [-0.25, -0.2) is 4.98 Å². The molecule has 6 nitrogen and oxygen atoms in total. The number of nitro benzene ring substituents is 1. The van der Waals surface area contributed by atoms with Crippen molar-refractivity contribution >= 4 is 50.3 Å². The summed E-state index contributed by atoms with van der Waals surface area (Å²) in [6, 6.07) is 10.4. The van der Waals surface area contributed by atoms with Crippen LogP contribution in [0.4, 0.5) is 5.69 Å². The monoisotopic (exact) mass is 415 g/mol. The van der Waals surface area contributed by atoms with Crippen LogP contribution >= 0.6 is 34.4 Å². The number of thiophene rings is 2. The fraction of sp³-hybridized carbons (Fsp3) is 0.111. The molecule has 0 radical (unpaired) electrons. The molecule has 4 rings (SSSR count). The molecule has 1 aromatic carbocycles. The van der Waals surface area contributed by atoms with Crippen LogP contribution in [0.1, 0.15) is 5.56 Å². The summed E-state index contributed by atoms with van der Waals surface area (Å²) in [6.45, 7) is 0. The summed E-state index contributed by atoms with van der Waals surface area (Å²) in [4.78, 5) is 29.7. The molecule has 0 saturated heterocycles. The van der Waals surface area contributed by atoms with Gasteiger partial charge in [-0.3, -0.25) is 19.5 Å². The van der Waals surface area contributed by atoms with Crippen molar-refractivity contribution in [3.63, 3.8) is 0 Å². The van der Waals surface area contributed by atoms with E-state index >= 15 is 0 Å². The van der Waals surface area contributed by atoms with E-state index in [9.17, 15) is 14.9 Å². The smallest absolute Gasteiger partial charge is 0.269 e. The highest BCUT2D eigenvalue weighted by atomic mass is 32.2. The maximum Gasteiger partial charge on any atom is 0.269 e. The first kappa shape index (κ1) is 17.9. The summed E-state index contributed by atoms with van der Waals surface area (Å²) < 4.78 is 1.57. The molecule has 9 heteroatoms. The Labute approximate surface area is 166 Å². The quantitative estimate of drug-likeness (QED) is 0.200. The zero-order valence-corrected chi connectivity index (χ0v) is 16.6. The van der Waals surface area contributed by atoms with E-state index in [4.69, 9.17) is 0 Å². The van der Waals surface area contributed by atoms with E-state index in [1.807, 2.05) is 22.9 Å². The lowest BCUT2D eigenvalue weighted by molar-refractivity contribution is -0.384. The van der Waals surface area contributed by atoms with Gasteiger partial charge < -0.3 is 0 Å². The predicted octanol–water partition coefficient (Wildman–Crippen LogP) is 4.92. The Balaban J connectivity index is 1.64. The minimum absolute atomic E-state index is 0.0594. The molecule has 136 valence electrons. The summed E-state index contributed by atoms with van der Waals surface area (Å²) in [5.41, 5.74) is 1.88. The fourth-order valence-electron chi connectivity index (χ4n) is 2.66. The number of hydrogen-bond acceptors (Lipinski definition) is 7. The molecular formula is C18H13N3O3S3. The Hall–Kier alpha value is -2.49. The molecular weight excluding hydrogens is 402 g/mol. The van der Waals surface area contributed by atoms with Crippen molar-refractivity contribution in [3.05, 3.63) is 73.2 Å². The Morgan fingerprint density at radius 3 is 2.67 bits per heavy atom. The summed E-state index contributed by atoms with van der Waals surface area (Å²) >= 11 is 4.51. The van der Waals surface area contributed by atoms with Crippen molar-refractivity contribution in [2.45, 2.75) is 10.9 Å². The van der Waals surface area contributed by atoms with E-state index in [1.54, 1.807) is 35.1 Å². The number of non-ortho nitro benzene ring substituents is 1. The number of thioether (sulfide) groups is 1. The maximum atomic E-state index is 12.9. The van der Waals surface area contributed by atoms with Gasteiger partial charge in [0, 0.05) is 40.8 Å². The van der Waals surface area contributed by atoms with E-state index in [2.05, 4.69) is 4.98 Å². The third kappa shape index (κ3) is 3.41. The second kappa shape index (κ2) is 7.26. The fourth-order valence-corrected chi connectivity index (χ4v) is 5.39. The molecule has 0 spiro atoms. The average Bonchev–Trinajstić information content (AvgIpc) is 3.33. The Kier molecular flexibility index (Phi) is 4.81. The van der Waals surface area contributed by atoms with Crippen LogP contribution in [0.5, 0.6) is 0 Å². The topological polar surface area (TPSA) is 78.0 Å². The van der Waals surface area contributed by atoms with Crippen LogP contribution in [-0.2, 0) is 12.8 Å². The maximum absolute atomic E-state index is 12.9. The van der Waals surface area contributed by atoms with Gasteiger partial charge in [0.05, 0.1) is 10.3 Å². The molecule has 0 bridgehead atoms. The van der Waals surface area contributed by atoms with Gasteiger partial charge >= 0.3 is 0 Å². The Morgan fingerprint density at radius 1 is 1.22 bits per heavy atom. The molecule has 0 aliphatic heterocycles. The standard InChI is InChI=1S/C18H13N3O3S3/c1-20-17(22)15-13(14-3-2-8-25-14)10-26-16(15)19-18(20)27-9-11-4-6-12(7-5-11)21(23)24/h2-8,10H,9H2,1H3. The van der Waals surface area contributed by atoms with Crippen LogP contribution < -0.4 is 5.56 Å². The molecule has 3 aromatic heterocycles. The lowest BCUT2D eigenvalue weighted by Crippen LogP contribution is -2.19. The molecule has 0 atom stereocenters.